The summed E-state index contributed by atoms with van der Waals surface area (Å²) in [7, 11) is 2.30. The molecule has 3 heterocycles. The number of likely N-dealkylation sites (tertiary alicyclic amines) is 3. The lowest BCUT2D eigenvalue weighted by Gasteiger charge is -2.61. The second-order valence-corrected chi connectivity index (χ2v) is 13.9. The van der Waals surface area contributed by atoms with Gasteiger partial charge in [-0.25, -0.2) is 0 Å². The van der Waals surface area contributed by atoms with E-state index in [9.17, 15) is 0 Å². The molecule has 3 nitrogen and oxygen atoms in total. The van der Waals surface area contributed by atoms with E-state index in [0.717, 1.165) is 40.2 Å². The van der Waals surface area contributed by atoms with Crippen LogP contribution in [0.3, 0.4) is 0 Å². The van der Waals surface area contributed by atoms with Crippen LogP contribution in [0.25, 0.3) is 0 Å². The fourth-order valence-corrected chi connectivity index (χ4v) is 8.96. The first-order valence-electron chi connectivity index (χ1n) is 14.0. The predicted molar refractivity (Wildman–Crippen MR) is 129 cm³/mol. The standard InChI is InChI=1S/C28H49N3/c1-22(2)23-16-26(17-23)6-12-30(13-7-26)25-20-28(21-25)8-14-31(15-9-28)24-18-27(19-24)4-10-29(3)11-5-27/h22-25H,4-21H2,1-3H3. The van der Waals surface area contributed by atoms with E-state index in [0.29, 0.717) is 0 Å². The van der Waals surface area contributed by atoms with E-state index in [1.54, 1.807) is 12.8 Å². The normalized spacial score (nSPS) is 38.3. The number of nitrogens with zero attached hydrogens (tertiary/aromatic N) is 3. The maximum Gasteiger partial charge on any atom is 0.0106 e. The van der Waals surface area contributed by atoms with Crippen molar-refractivity contribution in [1.82, 2.24) is 14.7 Å². The van der Waals surface area contributed by atoms with Crippen LogP contribution in [0.15, 0.2) is 0 Å². The summed E-state index contributed by atoms with van der Waals surface area (Å²) in [6, 6.07) is 1.88. The monoisotopic (exact) mass is 427 g/mol. The summed E-state index contributed by atoms with van der Waals surface area (Å²) >= 11 is 0. The second kappa shape index (κ2) is 7.70. The van der Waals surface area contributed by atoms with Crippen LogP contribution in [0, 0.1) is 28.1 Å². The van der Waals surface area contributed by atoms with Crippen molar-refractivity contribution in [2.45, 2.75) is 103 Å². The van der Waals surface area contributed by atoms with E-state index in [2.05, 4.69) is 35.6 Å². The van der Waals surface area contributed by atoms with Crippen LogP contribution < -0.4 is 0 Å². The Bertz CT molecular complexity index is 623. The van der Waals surface area contributed by atoms with Crippen molar-refractivity contribution in [2.24, 2.45) is 28.1 Å². The van der Waals surface area contributed by atoms with Gasteiger partial charge in [-0.05, 0) is 151 Å². The number of hydrogen-bond acceptors (Lipinski definition) is 3. The first-order valence-corrected chi connectivity index (χ1v) is 14.0. The van der Waals surface area contributed by atoms with Crippen LogP contribution in [0.1, 0.15) is 90.9 Å². The van der Waals surface area contributed by atoms with Crippen LogP contribution >= 0.6 is 0 Å². The van der Waals surface area contributed by atoms with E-state index in [-0.39, 0.29) is 0 Å². The minimum Gasteiger partial charge on any atom is -0.306 e. The van der Waals surface area contributed by atoms with Gasteiger partial charge in [-0.3, -0.25) is 0 Å². The molecule has 0 N–H and O–H groups in total. The van der Waals surface area contributed by atoms with E-state index in [1.807, 2.05) is 0 Å². The minimum atomic E-state index is 0.741. The van der Waals surface area contributed by atoms with Gasteiger partial charge in [0.25, 0.3) is 0 Å². The summed E-state index contributed by atoms with van der Waals surface area (Å²) in [5.74, 6) is 1.95. The van der Waals surface area contributed by atoms with Gasteiger partial charge in [0, 0.05) is 12.1 Å². The third kappa shape index (κ3) is 3.83. The predicted octanol–water partition coefficient (Wildman–Crippen LogP) is 5.25. The van der Waals surface area contributed by atoms with E-state index < -0.39 is 0 Å². The molecular formula is C28H49N3. The molecule has 0 amide bonds. The van der Waals surface area contributed by atoms with Crippen LogP contribution in [0.2, 0.25) is 0 Å². The molecule has 3 heteroatoms. The molecule has 176 valence electrons. The Morgan fingerprint density at radius 1 is 0.548 bits per heavy atom. The molecule has 6 aliphatic rings. The molecule has 31 heavy (non-hydrogen) atoms. The summed E-state index contributed by atoms with van der Waals surface area (Å²) in [5.41, 5.74) is 2.26. The van der Waals surface area contributed by atoms with Crippen LogP contribution in [0.4, 0.5) is 0 Å². The van der Waals surface area contributed by atoms with Gasteiger partial charge in [0.2, 0.25) is 0 Å². The van der Waals surface area contributed by atoms with Crippen molar-refractivity contribution in [3.8, 4) is 0 Å². The Morgan fingerprint density at radius 3 is 1.29 bits per heavy atom. The second-order valence-electron chi connectivity index (χ2n) is 13.9. The number of hydrogen-bond donors (Lipinski definition) is 0. The van der Waals surface area contributed by atoms with Gasteiger partial charge in [-0.15, -0.1) is 0 Å². The number of piperidine rings is 3. The van der Waals surface area contributed by atoms with Crippen LogP contribution in [0.5, 0.6) is 0 Å². The highest BCUT2D eigenvalue weighted by Crippen LogP contribution is 2.58. The Hall–Kier alpha value is -0.120. The third-order valence-corrected chi connectivity index (χ3v) is 11.8. The molecule has 0 atom stereocenters. The summed E-state index contributed by atoms with van der Waals surface area (Å²) in [4.78, 5) is 8.36. The topological polar surface area (TPSA) is 9.72 Å². The highest BCUT2D eigenvalue weighted by molar-refractivity contribution is 5.07. The summed E-state index contributed by atoms with van der Waals surface area (Å²) in [5, 5.41) is 0. The van der Waals surface area contributed by atoms with E-state index in [1.165, 1.54) is 103 Å². The van der Waals surface area contributed by atoms with Gasteiger partial charge >= 0.3 is 0 Å². The highest BCUT2D eigenvalue weighted by Gasteiger charge is 2.53. The summed E-state index contributed by atoms with van der Waals surface area (Å²) in [6.07, 6.45) is 18.1. The smallest absolute Gasteiger partial charge is 0.0106 e. The lowest BCUT2D eigenvalue weighted by Crippen LogP contribution is -2.61. The van der Waals surface area contributed by atoms with Gasteiger partial charge < -0.3 is 14.7 Å². The first kappa shape index (κ1) is 21.4. The highest BCUT2D eigenvalue weighted by atomic mass is 15.2. The van der Waals surface area contributed by atoms with Crippen molar-refractivity contribution in [2.75, 3.05) is 46.3 Å². The Kier molecular flexibility index (Phi) is 5.32. The third-order valence-electron chi connectivity index (χ3n) is 11.8. The molecule has 3 aliphatic heterocycles. The maximum absolute atomic E-state index is 2.92. The molecular weight excluding hydrogens is 378 g/mol. The lowest BCUT2D eigenvalue weighted by atomic mass is 9.54. The molecule has 0 radical (unpaired) electrons. The molecule has 0 unspecified atom stereocenters. The SMILES string of the molecule is CC(C)C1CC2(CCN(C3CC4(CCN(C5CC6(CCN(C)CC6)C5)CC4)C3)CC2)C1. The van der Waals surface area contributed by atoms with Crippen molar-refractivity contribution >= 4 is 0 Å². The molecule has 0 aromatic carbocycles. The minimum absolute atomic E-state index is 0.741. The van der Waals surface area contributed by atoms with Crippen molar-refractivity contribution in [1.29, 1.82) is 0 Å². The fourth-order valence-electron chi connectivity index (χ4n) is 8.96. The molecule has 3 saturated heterocycles. The first-order chi connectivity index (χ1) is 14.9. The van der Waals surface area contributed by atoms with Gasteiger partial charge in [0.1, 0.15) is 0 Å². The van der Waals surface area contributed by atoms with Crippen molar-refractivity contribution in [3.05, 3.63) is 0 Å². The van der Waals surface area contributed by atoms with Gasteiger partial charge in [0.05, 0.1) is 0 Å². The van der Waals surface area contributed by atoms with E-state index in [4.69, 9.17) is 0 Å². The fraction of sp³-hybridized carbons (Fsp3) is 1.00. The molecule has 6 fully saturated rings. The molecule has 0 aromatic heterocycles. The summed E-state index contributed by atoms with van der Waals surface area (Å²) < 4.78 is 0. The molecule has 0 bridgehead atoms. The van der Waals surface area contributed by atoms with Crippen molar-refractivity contribution in [3.63, 3.8) is 0 Å². The Labute approximate surface area is 192 Å². The zero-order valence-corrected chi connectivity index (χ0v) is 20.9. The zero-order chi connectivity index (χ0) is 21.3. The average Bonchev–Trinajstić information content (AvgIpc) is 2.70. The Balaban J connectivity index is 0.917. The van der Waals surface area contributed by atoms with Gasteiger partial charge in [-0.1, -0.05) is 13.8 Å². The van der Waals surface area contributed by atoms with Crippen LogP contribution in [-0.2, 0) is 0 Å². The van der Waals surface area contributed by atoms with Crippen LogP contribution in [-0.4, -0.2) is 73.1 Å². The van der Waals surface area contributed by atoms with E-state index >= 15 is 0 Å². The van der Waals surface area contributed by atoms with Gasteiger partial charge in [0.15, 0.2) is 0 Å². The van der Waals surface area contributed by atoms with Gasteiger partial charge in [-0.2, -0.15) is 0 Å². The Morgan fingerprint density at radius 2 is 0.903 bits per heavy atom. The molecule has 0 aromatic rings. The number of rotatable bonds is 3. The lowest BCUT2D eigenvalue weighted by molar-refractivity contribution is -0.103. The molecule has 3 aliphatic carbocycles. The van der Waals surface area contributed by atoms with Crippen molar-refractivity contribution < 1.29 is 0 Å². The average molecular weight is 428 g/mol. The molecule has 3 saturated carbocycles. The quantitative estimate of drug-likeness (QED) is 0.609. The molecule has 6 rings (SSSR count). The maximum atomic E-state index is 2.92. The summed E-state index contributed by atoms with van der Waals surface area (Å²) in [6.45, 7) is 13.2. The zero-order valence-electron chi connectivity index (χ0n) is 20.9. The molecule has 3 spiro atoms. The largest absolute Gasteiger partial charge is 0.306 e.